The number of benzene rings is 1. The zero-order valence-electron chi connectivity index (χ0n) is 19.9. The van der Waals surface area contributed by atoms with Gasteiger partial charge in [0, 0.05) is 24.7 Å². The van der Waals surface area contributed by atoms with Gasteiger partial charge in [-0.1, -0.05) is 40.2 Å². The van der Waals surface area contributed by atoms with Crippen LogP contribution in [0.2, 0.25) is 0 Å². The summed E-state index contributed by atoms with van der Waals surface area (Å²) in [5, 5.41) is 13.8. The molecule has 174 valence electrons. The zero-order valence-corrected chi connectivity index (χ0v) is 19.9. The highest BCUT2D eigenvalue weighted by atomic mass is 16.5. The number of ether oxygens (including phenoxy) is 1. The number of furan rings is 1. The molecular weight excluding hydrogens is 400 g/mol. The van der Waals surface area contributed by atoms with E-state index in [1.165, 1.54) is 12.0 Å². The highest BCUT2D eigenvalue weighted by molar-refractivity contribution is 5.42. The number of nitrogens with one attached hydrogen (secondary N) is 2. The van der Waals surface area contributed by atoms with Crippen molar-refractivity contribution in [2.75, 3.05) is 13.2 Å². The number of hydrogen-bond acceptors (Lipinski definition) is 4. The molecule has 0 aliphatic rings. The van der Waals surface area contributed by atoms with E-state index in [4.69, 9.17) is 9.15 Å². The molecule has 0 saturated heterocycles. The van der Waals surface area contributed by atoms with E-state index in [2.05, 4.69) is 62.4 Å². The van der Waals surface area contributed by atoms with Crippen LogP contribution in [0, 0.1) is 0 Å². The summed E-state index contributed by atoms with van der Waals surface area (Å²) in [6.07, 6.45) is 7.05. The number of aromatic nitrogens is 1. The second-order valence-electron chi connectivity index (χ2n) is 8.74. The summed E-state index contributed by atoms with van der Waals surface area (Å²) < 4.78 is 12.0. The Hall–Kier alpha value is -2.66. The van der Waals surface area contributed by atoms with Gasteiger partial charge in [-0.3, -0.25) is 0 Å². The Morgan fingerprint density at radius 2 is 1.81 bits per heavy atom. The number of hydrogen-bond donors (Lipinski definition) is 3. The van der Waals surface area contributed by atoms with Crippen LogP contribution in [-0.4, -0.2) is 23.2 Å². The molecule has 0 aliphatic carbocycles. The van der Waals surface area contributed by atoms with Crippen LogP contribution in [0.15, 0.2) is 47.0 Å². The predicted octanol–water partition coefficient (Wildman–Crippen LogP) is 6.29. The Morgan fingerprint density at radius 1 is 1.03 bits per heavy atom. The molecule has 3 aromatic rings. The average molecular weight is 439 g/mol. The van der Waals surface area contributed by atoms with Crippen LogP contribution in [0.25, 0.3) is 0 Å². The largest absolute Gasteiger partial charge is 0.504 e. The van der Waals surface area contributed by atoms with E-state index in [-0.39, 0.29) is 11.8 Å². The molecule has 1 unspecified atom stereocenters. The topological polar surface area (TPSA) is 70.4 Å². The van der Waals surface area contributed by atoms with Crippen LogP contribution in [0.1, 0.15) is 80.8 Å². The molecule has 0 amide bonds. The van der Waals surface area contributed by atoms with E-state index >= 15 is 0 Å². The van der Waals surface area contributed by atoms with E-state index in [0.29, 0.717) is 18.3 Å². The SMILES string of the molecule is CCCCc1ccc(CCc2ccc(O)c(OCC(NCC)c3cc(C(C)C)c[nH]3)c2)o1. The van der Waals surface area contributed by atoms with Crippen LogP contribution in [0.5, 0.6) is 11.5 Å². The maximum absolute atomic E-state index is 10.3. The summed E-state index contributed by atoms with van der Waals surface area (Å²) in [6.45, 7) is 9.91. The van der Waals surface area contributed by atoms with Gasteiger partial charge in [-0.25, -0.2) is 0 Å². The lowest BCUT2D eigenvalue weighted by Crippen LogP contribution is -2.27. The van der Waals surface area contributed by atoms with Gasteiger partial charge in [0.25, 0.3) is 0 Å². The molecule has 5 heteroatoms. The standard InChI is InChI=1S/C27H38N2O3/c1-5-7-8-22-12-13-23(32-22)11-9-20-10-14-26(30)27(15-20)31-18-25(28-6-2)24-16-21(17-29-24)19(3)4/h10,12-17,19,25,28-30H,5-9,11,18H2,1-4H3. The van der Waals surface area contributed by atoms with Gasteiger partial charge in [0.05, 0.1) is 6.04 Å². The van der Waals surface area contributed by atoms with Gasteiger partial charge in [-0.15, -0.1) is 0 Å². The molecule has 5 nitrogen and oxygen atoms in total. The van der Waals surface area contributed by atoms with Crippen LogP contribution in [0.4, 0.5) is 0 Å². The van der Waals surface area contributed by atoms with Crippen molar-refractivity contribution in [3.8, 4) is 11.5 Å². The molecule has 1 atom stereocenters. The summed E-state index contributed by atoms with van der Waals surface area (Å²) in [4.78, 5) is 3.37. The van der Waals surface area contributed by atoms with Gasteiger partial charge in [0.2, 0.25) is 0 Å². The van der Waals surface area contributed by atoms with Crippen molar-refractivity contribution < 1.29 is 14.3 Å². The summed E-state index contributed by atoms with van der Waals surface area (Å²) in [7, 11) is 0. The number of aromatic hydroxyl groups is 1. The third-order valence-corrected chi connectivity index (χ3v) is 5.80. The first kappa shape index (κ1) is 24.0. The Kier molecular flexibility index (Phi) is 8.86. The van der Waals surface area contributed by atoms with E-state index in [9.17, 15) is 5.11 Å². The first-order valence-electron chi connectivity index (χ1n) is 11.9. The third-order valence-electron chi connectivity index (χ3n) is 5.80. The van der Waals surface area contributed by atoms with Crippen LogP contribution in [0.3, 0.4) is 0 Å². The first-order valence-corrected chi connectivity index (χ1v) is 11.9. The van der Waals surface area contributed by atoms with Crippen molar-refractivity contribution >= 4 is 0 Å². The van der Waals surface area contributed by atoms with E-state index < -0.39 is 0 Å². The second kappa shape index (κ2) is 11.8. The van der Waals surface area contributed by atoms with Gasteiger partial charge < -0.3 is 24.6 Å². The highest BCUT2D eigenvalue weighted by Gasteiger charge is 2.16. The maximum Gasteiger partial charge on any atom is 0.161 e. The predicted molar refractivity (Wildman–Crippen MR) is 130 cm³/mol. The normalized spacial score (nSPS) is 12.4. The summed E-state index contributed by atoms with van der Waals surface area (Å²) in [6, 6.07) is 12.0. The fourth-order valence-corrected chi connectivity index (χ4v) is 3.78. The third kappa shape index (κ3) is 6.67. The minimum Gasteiger partial charge on any atom is -0.504 e. The second-order valence-corrected chi connectivity index (χ2v) is 8.74. The number of aromatic amines is 1. The Labute approximate surface area is 192 Å². The molecule has 3 rings (SSSR count). The molecule has 0 spiro atoms. The minimum atomic E-state index is 0.0280. The molecular formula is C27H38N2O3. The smallest absolute Gasteiger partial charge is 0.161 e. The van der Waals surface area contributed by atoms with E-state index in [0.717, 1.165) is 55.0 Å². The molecule has 0 fully saturated rings. The van der Waals surface area contributed by atoms with Crippen molar-refractivity contribution in [3.63, 3.8) is 0 Å². The lowest BCUT2D eigenvalue weighted by molar-refractivity contribution is 0.255. The zero-order chi connectivity index (χ0) is 22.9. The Morgan fingerprint density at radius 3 is 2.50 bits per heavy atom. The quantitative estimate of drug-likeness (QED) is 0.293. The van der Waals surface area contributed by atoms with Crippen LogP contribution in [-0.2, 0) is 19.3 Å². The molecule has 1 aromatic carbocycles. The van der Waals surface area contributed by atoms with Gasteiger partial charge in [0.15, 0.2) is 11.5 Å². The molecule has 0 bridgehead atoms. The number of phenolic OH excluding ortho intramolecular Hbond substituents is 1. The van der Waals surface area contributed by atoms with E-state index in [1.807, 2.05) is 12.1 Å². The molecule has 32 heavy (non-hydrogen) atoms. The maximum atomic E-state index is 10.3. The van der Waals surface area contributed by atoms with Crippen molar-refractivity contribution in [1.29, 1.82) is 0 Å². The fourth-order valence-electron chi connectivity index (χ4n) is 3.78. The Bertz CT molecular complexity index is 957. The number of aryl methyl sites for hydroxylation is 3. The van der Waals surface area contributed by atoms with Crippen molar-refractivity contribution in [1.82, 2.24) is 10.3 Å². The summed E-state index contributed by atoms with van der Waals surface area (Å²) in [5.74, 6) is 3.23. The number of rotatable bonds is 13. The number of H-pyrrole nitrogens is 1. The van der Waals surface area contributed by atoms with Crippen molar-refractivity contribution in [3.05, 3.63) is 70.9 Å². The summed E-state index contributed by atoms with van der Waals surface area (Å²) in [5.41, 5.74) is 3.50. The monoisotopic (exact) mass is 438 g/mol. The van der Waals surface area contributed by atoms with Crippen molar-refractivity contribution in [2.45, 2.75) is 71.8 Å². The fraction of sp³-hybridized carbons (Fsp3) is 0.481. The van der Waals surface area contributed by atoms with Gasteiger partial charge in [-0.2, -0.15) is 0 Å². The van der Waals surface area contributed by atoms with Crippen LogP contribution >= 0.6 is 0 Å². The molecule has 0 aliphatic heterocycles. The average Bonchev–Trinajstić information content (AvgIpc) is 3.45. The summed E-state index contributed by atoms with van der Waals surface area (Å²) >= 11 is 0. The molecule has 3 N–H and O–H groups in total. The van der Waals surface area contributed by atoms with E-state index in [1.54, 1.807) is 6.07 Å². The molecule has 2 aromatic heterocycles. The highest BCUT2D eigenvalue weighted by Crippen LogP contribution is 2.29. The number of unbranched alkanes of at least 4 members (excludes halogenated alkanes) is 1. The Balaban J connectivity index is 1.60. The van der Waals surface area contributed by atoms with Crippen LogP contribution < -0.4 is 10.1 Å². The number of likely N-dealkylation sites (N-methyl/N-ethyl adjacent to an activating group) is 1. The first-order chi connectivity index (χ1) is 15.5. The number of phenols is 1. The molecule has 0 saturated carbocycles. The van der Waals surface area contributed by atoms with Gasteiger partial charge in [-0.05, 0) is 66.8 Å². The lowest BCUT2D eigenvalue weighted by atomic mass is 10.1. The lowest BCUT2D eigenvalue weighted by Gasteiger charge is -2.18. The van der Waals surface area contributed by atoms with Gasteiger partial charge >= 0.3 is 0 Å². The van der Waals surface area contributed by atoms with Gasteiger partial charge in [0.1, 0.15) is 18.1 Å². The molecule has 2 heterocycles. The van der Waals surface area contributed by atoms with Crippen molar-refractivity contribution in [2.24, 2.45) is 0 Å². The molecule has 0 radical (unpaired) electrons. The minimum absolute atomic E-state index is 0.0280.